The minimum atomic E-state index is -0.809. The Morgan fingerprint density at radius 1 is 1.21 bits per heavy atom. The molecule has 4 atom stereocenters. The molecule has 1 saturated heterocycles. The standard InChI is InChI=1S/C14H18N2S.C11H21NO5/c1-3-4-5-6-11-15-14(17)16-13-9-7-12(2)8-10-13;13-9-6-8(4-5-12(15)16)17-11(10(9)14)7-2-1-3-7/h1,7-10H,4-6,11H2,2H3,(H2,15,16,17);7-11,13-16H,1-6H2. The van der Waals surface area contributed by atoms with Gasteiger partial charge in [-0.25, -0.2) is 0 Å². The van der Waals surface area contributed by atoms with E-state index in [4.69, 9.17) is 33.8 Å². The van der Waals surface area contributed by atoms with E-state index in [0.29, 0.717) is 23.9 Å². The number of anilines is 1. The van der Waals surface area contributed by atoms with Crippen molar-refractivity contribution in [3.8, 4) is 12.3 Å². The average molecular weight is 494 g/mol. The van der Waals surface area contributed by atoms with Crippen molar-refractivity contribution in [2.24, 2.45) is 5.92 Å². The van der Waals surface area contributed by atoms with E-state index in [1.807, 2.05) is 12.1 Å². The number of hydrogen-bond acceptors (Lipinski definition) is 7. The first kappa shape index (κ1) is 28.5. The summed E-state index contributed by atoms with van der Waals surface area (Å²) in [5.74, 6) is 2.96. The maximum atomic E-state index is 9.88. The monoisotopic (exact) mass is 493 g/mol. The molecule has 4 unspecified atom stereocenters. The largest absolute Gasteiger partial charge is 0.390 e. The van der Waals surface area contributed by atoms with E-state index in [2.05, 4.69) is 35.6 Å². The van der Waals surface area contributed by atoms with Crippen LogP contribution in [0.3, 0.4) is 0 Å². The summed E-state index contributed by atoms with van der Waals surface area (Å²) in [6, 6.07) is 8.14. The second-order valence-corrected chi connectivity index (χ2v) is 9.41. The van der Waals surface area contributed by atoms with Crippen LogP contribution in [0.15, 0.2) is 24.3 Å². The highest BCUT2D eigenvalue weighted by molar-refractivity contribution is 7.80. The Morgan fingerprint density at radius 2 is 1.91 bits per heavy atom. The molecule has 2 fully saturated rings. The van der Waals surface area contributed by atoms with Gasteiger partial charge >= 0.3 is 0 Å². The Balaban J connectivity index is 0.000000240. The number of benzene rings is 1. The molecule has 8 nitrogen and oxygen atoms in total. The lowest BCUT2D eigenvalue weighted by molar-refractivity contribution is -0.311. The predicted molar refractivity (Wildman–Crippen MR) is 136 cm³/mol. The zero-order valence-corrected chi connectivity index (χ0v) is 20.7. The van der Waals surface area contributed by atoms with Crippen LogP contribution in [0.1, 0.15) is 56.9 Å². The zero-order valence-electron chi connectivity index (χ0n) is 19.9. The van der Waals surface area contributed by atoms with Gasteiger partial charge in [0.15, 0.2) is 5.11 Å². The van der Waals surface area contributed by atoms with Crippen molar-refractivity contribution in [2.75, 3.05) is 18.4 Å². The SMILES string of the molecule is C#CCCCCNC(=S)Nc1ccc(C)cc1.OC1CC(CCN(O)O)OC(C2CCC2)C1O. The van der Waals surface area contributed by atoms with Crippen molar-refractivity contribution in [1.29, 1.82) is 0 Å². The van der Waals surface area contributed by atoms with E-state index < -0.39 is 12.2 Å². The molecule has 0 aromatic heterocycles. The van der Waals surface area contributed by atoms with Crippen LogP contribution in [-0.4, -0.2) is 68.5 Å². The van der Waals surface area contributed by atoms with Crippen molar-refractivity contribution in [3.05, 3.63) is 29.8 Å². The van der Waals surface area contributed by atoms with Gasteiger partial charge in [-0.15, -0.1) is 12.3 Å². The fraction of sp³-hybridized carbons (Fsp3) is 0.640. The number of hydrogen-bond donors (Lipinski definition) is 6. The van der Waals surface area contributed by atoms with Gasteiger partial charge < -0.3 is 25.6 Å². The lowest BCUT2D eigenvalue weighted by atomic mass is 9.76. The van der Waals surface area contributed by atoms with Gasteiger partial charge in [-0.05, 0) is 69.3 Å². The van der Waals surface area contributed by atoms with Crippen LogP contribution in [0.4, 0.5) is 5.69 Å². The van der Waals surface area contributed by atoms with Crippen LogP contribution in [0.25, 0.3) is 0 Å². The number of rotatable bonds is 9. The Morgan fingerprint density at radius 3 is 2.50 bits per heavy atom. The molecule has 1 saturated carbocycles. The summed E-state index contributed by atoms with van der Waals surface area (Å²) in [4.78, 5) is 0. The number of aliphatic hydroxyl groups is 2. The first-order valence-corrected chi connectivity index (χ1v) is 12.4. The normalized spacial score (nSPS) is 24.4. The topological polar surface area (TPSA) is 117 Å². The van der Waals surface area contributed by atoms with Crippen LogP contribution in [0.5, 0.6) is 0 Å². The molecule has 0 spiro atoms. The number of thiocarbonyl (C=S) groups is 1. The van der Waals surface area contributed by atoms with Crippen molar-refractivity contribution in [2.45, 2.75) is 82.7 Å². The number of unbranched alkanes of at least 4 members (excludes halogenated alkanes) is 2. The zero-order chi connectivity index (χ0) is 24.9. The van der Waals surface area contributed by atoms with Crippen LogP contribution >= 0.6 is 12.2 Å². The quantitative estimate of drug-likeness (QED) is 0.133. The summed E-state index contributed by atoms with van der Waals surface area (Å²) >= 11 is 5.18. The summed E-state index contributed by atoms with van der Waals surface area (Å²) in [5.41, 5.74) is 2.25. The number of hydroxylamine groups is 2. The van der Waals surface area contributed by atoms with Crippen molar-refractivity contribution in [3.63, 3.8) is 0 Å². The Labute approximate surface area is 208 Å². The van der Waals surface area contributed by atoms with E-state index in [1.54, 1.807) is 0 Å². The first-order chi connectivity index (χ1) is 16.3. The Bertz CT molecular complexity index is 767. The summed E-state index contributed by atoms with van der Waals surface area (Å²) in [5, 5.41) is 44.1. The van der Waals surface area contributed by atoms with Gasteiger partial charge in [0.1, 0.15) is 6.10 Å². The third kappa shape index (κ3) is 10.2. The predicted octanol–water partition coefficient (Wildman–Crippen LogP) is 3.22. The van der Waals surface area contributed by atoms with Crippen LogP contribution in [-0.2, 0) is 4.74 Å². The molecule has 9 heteroatoms. The fourth-order valence-electron chi connectivity index (χ4n) is 3.96. The van der Waals surface area contributed by atoms with Crippen molar-refractivity contribution < 1.29 is 25.4 Å². The highest BCUT2D eigenvalue weighted by atomic mass is 32.1. The molecule has 1 heterocycles. The summed E-state index contributed by atoms with van der Waals surface area (Å²) in [7, 11) is 0. The molecule has 0 amide bonds. The average Bonchev–Trinajstić information content (AvgIpc) is 2.76. The van der Waals surface area contributed by atoms with Gasteiger partial charge in [0.05, 0.1) is 24.9 Å². The molecule has 0 radical (unpaired) electrons. The fourth-order valence-corrected chi connectivity index (χ4v) is 4.18. The van der Waals surface area contributed by atoms with Gasteiger partial charge in [0, 0.05) is 25.1 Å². The molecule has 1 aliphatic heterocycles. The maximum Gasteiger partial charge on any atom is 0.170 e. The summed E-state index contributed by atoms with van der Waals surface area (Å²) in [6.45, 7) is 3.00. The Hall–Kier alpha value is -1.77. The third-order valence-electron chi connectivity index (χ3n) is 6.19. The number of aryl methyl sites for hydroxylation is 1. The second kappa shape index (κ2) is 15.3. The molecule has 34 heavy (non-hydrogen) atoms. The second-order valence-electron chi connectivity index (χ2n) is 9.00. The molecule has 6 N–H and O–H groups in total. The number of nitrogens with zero attached hydrogens (tertiary/aromatic N) is 1. The maximum absolute atomic E-state index is 9.88. The highest BCUT2D eigenvalue weighted by Crippen LogP contribution is 2.37. The molecule has 190 valence electrons. The van der Waals surface area contributed by atoms with Gasteiger partial charge in [0.2, 0.25) is 0 Å². The number of terminal acetylenes is 1. The van der Waals surface area contributed by atoms with E-state index in [-0.39, 0.29) is 24.0 Å². The van der Waals surface area contributed by atoms with Gasteiger partial charge in [-0.1, -0.05) is 29.3 Å². The minimum absolute atomic E-state index is 0.0743. The van der Waals surface area contributed by atoms with Gasteiger partial charge in [-0.2, -0.15) is 0 Å². The molecule has 3 rings (SSSR count). The highest BCUT2D eigenvalue weighted by Gasteiger charge is 2.42. The molecule has 2 aliphatic rings. The van der Waals surface area contributed by atoms with Gasteiger partial charge in [0.25, 0.3) is 0 Å². The molecular weight excluding hydrogens is 454 g/mol. The van der Waals surface area contributed by atoms with Crippen LogP contribution in [0, 0.1) is 25.2 Å². The molecule has 1 aromatic rings. The number of ether oxygens (including phenoxy) is 1. The van der Waals surface area contributed by atoms with Gasteiger partial charge in [-0.3, -0.25) is 10.4 Å². The lowest BCUT2D eigenvalue weighted by Crippen LogP contribution is -2.53. The van der Waals surface area contributed by atoms with Crippen LogP contribution in [0.2, 0.25) is 0 Å². The smallest absolute Gasteiger partial charge is 0.170 e. The summed E-state index contributed by atoms with van der Waals surface area (Å²) in [6.07, 6.45) is 9.98. The summed E-state index contributed by atoms with van der Waals surface area (Å²) < 4.78 is 5.76. The number of aliphatic hydroxyl groups excluding tert-OH is 2. The lowest BCUT2D eigenvalue weighted by Gasteiger charge is -2.44. The van der Waals surface area contributed by atoms with Crippen molar-refractivity contribution >= 4 is 23.0 Å². The number of nitrogens with one attached hydrogen (secondary N) is 2. The molecule has 1 aliphatic carbocycles. The van der Waals surface area contributed by atoms with E-state index in [0.717, 1.165) is 50.8 Å². The molecular formula is C25H39N3O5S. The first-order valence-electron chi connectivity index (χ1n) is 12.0. The molecule has 1 aromatic carbocycles. The van der Waals surface area contributed by atoms with Crippen molar-refractivity contribution in [1.82, 2.24) is 10.5 Å². The van der Waals surface area contributed by atoms with E-state index in [9.17, 15) is 10.2 Å². The van der Waals surface area contributed by atoms with E-state index >= 15 is 0 Å². The third-order valence-corrected chi connectivity index (χ3v) is 6.44. The van der Waals surface area contributed by atoms with E-state index in [1.165, 1.54) is 5.56 Å². The molecule has 0 bridgehead atoms. The van der Waals surface area contributed by atoms with Crippen LogP contribution < -0.4 is 10.6 Å². The Kier molecular flexibility index (Phi) is 12.8. The minimum Gasteiger partial charge on any atom is -0.390 e.